The molecule has 0 aliphatic heterocycles. The van der Waals surface area contributed by atoms with Crippen molar-refractivity contribution in [2.24, 2.45) is 5.92 Å². The molecule has 0 spiro atoms. The standard InChI is InChI=1S/C8H18O2/c1-3-8(10)7(2)5-4-6-9/h7-10H,3-6H2,1-2H3/t7-,8+/m0/s1. The van der Waals surface area contributed by atoms with Crippen LogP contribution in [0.25, 0.3) is 0 Å². The first-order valence-corrected chi connectivity index (χ1v) is 4.01. The Morgan fingerprint density at radius 3 is 2.40 bits per heavy atom. The van der Waals surface area contributed by atoms with E-state index in [4.69, 9.17) is 5.11 Å². The quantitative estimate of drug-likeness (QED) is 0.611. The SMILES string of the molecule is CC[C@@H](O)[C@@H](C)CCCO. The summed E-state index contributed by atoms with van der Waals surface area (Å²) in [6, 6.07) is 0. The lowest BCUT2D eigenvalue weighted by atomic mass is 9.98. The molecule has 10 heavy (non-hydrogen) atoms. The first-order valence-electron chi connectivity index (χ1n) is 4.01. The van der Waals surface area contributed by atoms with Crippen molar-refractivity contribution in [1.29, 1.82) is 0 Å². The molecular weight excluding hydrogens is 128 g/mol. The van der Waals surface area contributed by atoms with E-state index in [0.717, 1.165) is 19.3 Å². The fourth-order valence-electron chi connectivity index (χ4n) is 1.01. The molecule has 62 valence electrons. The maximum atomic E-state index is 9.27. The van der Waals surface area contributed by atoms with E-state index in [9.17, 15) is 5.11 Å². The predicted molar refractivity (Wildman–Crippen MR) is 41.8 cm³/mol. The normalized spacial score (nSPS) is 16.8. The van der Waals surface area contributed by atoms with Gasteiger partial charge in [-0.25, -0.2) is 0 Å². The lowest BCUT2D eigenvalue weighted by Crippen LogP contribution is -2.16. The van der Waals surface area contributed by atoms with Gasteiger partial charge in [-0.1, -0.05) is 13.8 Å². The van der Waals surface area contributed by atoms with Crippen molar-refractivity contribution < 1.29 is 10.2 Å². The number of aliphatic hydroxyl groups is 2. The van der Waals surface area contributed by atoms with E-state index < -0.39 is 0 Å². The van der Waals surface area contributed by atoms with Gasteiger partial charge in [0.1, 0.15) is 0 Å². The minimum atomic E-state index is -0.188. The summed E-state index contributed by atoms with van der Waals surface area (Å²) in [6.07, 6.45) is 2.35. The van der Waals surface area contributed by atoms with Gasteiger partial charge in [0.25, 0.3) is 0 Å². The molecule has 0 heterocycles. The van der Waals surface area contributed by atoms with Gasteiger partial charge in [0.05, 0.1) is 6.10 Å². The first-order chi connectivity index (χ1) is 4.72. The van der Waals surface area contributed by atoms with E-state index in [1.165, 1.54) is 0 Å². The average molecular weight is 146 g/mol. The number of hydrogen-bond donors (Lipinski definition) is 2. The summed E-state index contributed by atoms with van der Waals surface area (Å²) >= 11 is 0. The van der Waals surface area contributed by atoms with Crippen LogP contribution in [-0.2, 0) is 0 Å². The molecule has 0 rings (SSSR count). The molecule has 0 aliphatic rings. The Hall–Kier alpha value is -0.0800. The number of aliphatic hydroxyl groups excluding tert-OH is 2. The highest BCUT2D eigenvalue weighted by Crippen LogP contribution is 2.12. The number of rotatable bonds is 5. The van der Waals surface area contributed by atoms with Crippen molar-refractivity contribution >= 4 is 0 Å². The van der Waals surface area contributed by atoms with Crippen molar-refractivity contribution in [1.82, 2.24) is 0 Å². The van der Waals surface area contributed by atoms with Crippen LogP contribution in [0.4, 0.5) is 0 Å². The third kappa shape index (κ3) is 3.85. The van der Waals surface area contributed by atoms with Crippen LogP contribution in [-0.4, -0.2) is 22.9 Å². The van der Waals surface area contributed by atoms with Crippen LogP contribution in [0.1, 0.15) is 33.1 Å². The van der Waals surface area contributed by atoms with Gasteiger partial charge in [-0.2, -0.15) is 0 Å². The Kier molecular flexibility index (Phi) is 5.64. The van der Waals surface area contributed by atoms with Gasteiger partial charge in [-0.3, -0.25) is 0 Å². The molecule has 0 aromatic carbocycles. The second-order valence-electron chi connectivity index (χ2n) is 2.82. The van der Waals surface area contributed by atoms with Gasteiger partial charge in [0, 0.05) is 6.61 Å². The van der Waals surface area contributed by atoms with Crippen LogP contribution in [0.15, 0.2) is 0 Å². The molecule has 2 N–H and O–H groups in total. The lowest BCUT2D eigenvalue weighted by molar-refractivity contribution is 0.103. The van der Waals surface area contributed by atoms with Gasteiger partial charge in [-0.05, 0) is 25.2 Å². The highest BCUT2D eigenvalue weighted by atomic mass is 16.3. The molecule has 0 saturated heterocycles. The minimum absolute atomic E-state index is 0.188. The van der Waals surface area contributed by atoms with Gasteiger partial charge in [-0.15, -0.1) is 0 Å². The van der Waals surface area contributed by atoms with E-state index in [1.807, 2.05) is 13.8 Å². The molecular formula is C8H18O2. The Morgan fingerprint density at radius 1 is 1.40 bits per heavy atom. The maximum Gasteiger partial charge on any atom is 0.0563 e. The fraction of sp³-hybridized carbons (Fsp3) is 1.00. The third-order valence-electron chi connectivity index (χ3n) is 1.89. The van der Waals surface area contributed by atoms with Crippen LogP contribution in [0.5, 0.6) is 0 Å². The summed E-state index contributed by atoms with van der Waals surface area (Å²) in [5.41, 5.74) is 0. The van der Waals surface area contributed by atoms with Gasteiger partial charge in [0.15, 0.2) is 0 Å². The highest BCUT2D eigenvalue weighted by Gasteiger charge is 2.10. The molecule has 2 atom stereocenters. The monoisotopic (exact) mass is 146 g/mol. The fourth-order valence-corrected chi connectivity index (χ4v) is 1.01. The average Bonchev–Trinajstić information content (AvgIpc) is 1.98. The summed E-state index contributed by atoms with van der Waals surface area (Å²) in [5, 5.41) is 17.8. The molecule has 2 heteroatoms. The maximum absolute atomic E-state index is 9.27. The number of hydrogen-bond acceptors (Lipinski definition) is 2. The Morgan fingerprint density at radius 2 is 2.00 bits per heavy atom. The van der Waals surface area contributed by atoms with Gasteiger partial charge < -0.3 is 10.2 Å². The van der Waals surface area contributed by atoms with Crippen molar-refractivity contribution in [3.63, 3.8) is 0 Å². The van der Waals surface area contributed by atoms with E-state index in [-0.39, 0.29) is 12.7 Å². The van der Waals surface area contributed by atoms with Gasteiger partial charge >= 0.3 is 0 Å². The summed E-state index contributed by atoms with van der Waals surface area (Å²) in [5.74, 6) is 0.331. The second kappa shape index (κ2) is 5.69. The van der Waals surface area contributed by atoms with Crippen LogP contribution in [0.2, 0.25) is 0 Å². The largest absolute Gasteiger partial charge is 0.396 e. The first kappa shape index (κ1) is 9.92. The van der Waals surface area contributed by atoms with Crippen LogP contribution in [0.3, 0.4) is 0 Å². The Labute approximate surface area is 62.9 Å². The van der Waals surface area contributed by atoms with Crippen molar-refractivity contribution in [3.8, 4) is 0 Å². The van der Waals surface area contributed by atoms with E-state index in [2.05, 4.69) is 0 Å². The molecule has 0 amide bonds. The summed E-state index contributed by atoms with van der Waals surface area (Å²) < 4.78 is 0. The third-order valence-corrected chi connectivity index (χ3v) is 1.89. The minimum Gasteiger partial charge on any atom is -0.396 e. The summed E-state index contributed by atoms with van der Waals surface area (Å²) in [4.78, 5) is 0. The lowest BCUT2D eigenvalue weighted by Gasteiger charge is -2.15. The molecule has 0 fully saturated rings. The summed E-state index contributed by atoms with van der Waals surface area (Å²) in [6.45, 7) is 4.23. The molecule has 0 aliphatic carbocycles. The molecule has 0 aromatic heterocycles. The molecule has 0 saturated carbocycles. The molecule has 0 bridgehead atoms. The Bertz CT molecular complexity index is 73.7. The van der Waals surface area contributed by atoms with Crippen LogP contribution in [0, 0.1) is 5.92 Å². The molecule has 0 unspecified atom stereocenters. The van der Waals surface area contributed by atoms with Crippen LogP contribution >= 0.6 is 0 Å². The van der Waals surface area contributed by atoms with Gasteiger partial charge in [0.2, 0.25) is 0 Å². The summed E-state index contributed by atoms with van der Waals surface area (Å²) in [7, 11) is 0. The highest BCUT2D eigenvalue weighted by molar-refractivity contribution is 4.61. The molecule has 2 nitrogen and oxygen atoms in total. The zero-order valence-electron chi connectivity index (χ0n) is 6.88. The zero-order valence-corrected chi connectivity index (χ0v) is 6.88. The van der Waals surface area contributed by atoms with E-state index >= 15 is 0 Å². The molecule has 0 aromatic rings. The second-order valence-corrected chi connectivity index (χ2v) is 2.82. The zero-order chi connectivity index (χ0) is 7.98. The predicted octanol–water partition coefficient (Wildman–Crippen LogP) is 1.17. The van der Waals surface area contributed by atoms with E-state index in [1.54, 1.807) is 0 Å². The topological polar surface area (TPSA) is 40.5 Å². The molecule has 0 radical (unpaired) electrons. The Balaban J connectivity index is 3.31. The van der Waals surface area contributed by atoms with E-state index in [0.29, 0.717) is 5.92 Å². The van der Waals surface area contributed by atoms with Crippen molar-refractivity contribution in [2.75, 3.05) is 6.61 Å². The van der Waals surface area contributed by atoms with Crippen LogP contribution < -0.4 is 0 Å². The smallest absolute Gasteiger partial charge is 0.0563 e. The van der Waals surface area contributed by atoms with Crippen molar-refractivity contribution in [3.05, 3.63) is 0 Å². The van der Waals surface area contributed by atoms with Crippen molar-refractivity contribution in [2.45, 2.75) is 39.2 Å².